The second-order valence-corrected chi connectivity index (χ2v) is 6.41. The standard InChI is InChI=1S/C16H20N2O5/c1-5-10-8-18(12-7-6-11(9-19)22-12)15(21)17-13(10)23-14(20)16(2,3)4/h1,8,11-12,19H,6-7,9H2,2-4H3. The number of carbonyl (C=O) groups is 1. The Morgan fingerprint density at radius 1 is 1.57 bits per heavy atom. The van der Waals surface area contributed by atoms with Crippen molar-refractivity contribution in [3.63, 3.8) is 0 Å². The number of carbonyl (C=O) groups excluding carboxylic acids is 1. The molecule has 0 amide bonds. The molecular formula is C16H20N2O5. The normalized spacial score (nSPS) is 21.0. The highest BCUT2D eigenvalue weighted by atomic mass is 16.5. The smallest absolute Gasteiger partial charge is 0.353 e. The van der Waals surface area contributed by atoms with Crippen LogP contribution in [0.15, 0.2) is 11.0 Å². The largest absolute Gasteiger partial charge is 0.405 e. The molecular weight excluding hydrogens is 300 g/mol. The lowest BCUT2D eigenvalue weighted by atomic mass is 9.97. The Labute approximate surface area is 134 Å². The fourth-order valence-electron chi connectivity index (χ4n) is 2.10. The van der Waals surface area contributed by atoms with E-state index < -0.39 is 23.3 Å². The van der Waals surface area contributed by atoms with Crippen molar-refractivity contribution in [2.24, 2.45) is 5.41 Å². The number of hydrogen-bond acceptors (Lipinski definition) is 6. The van der Waals surface area contributed by atoms with Crippen molar-refractivity contribution in [2.75, 3.05) is 6.61 Å². The maximum atomic E-state index is 12.2. The van der Waals surface area contributed by atoms with Crippen LogP contribution in [0.4, 0.5) is 0 Å². The molecule has 1 aromatic rings. The second-order valence-electron chi connectivity index (χ2n) is 6.41. The van der Waals surface area contributed by atoms with E-state index in [1.54, 1.807) is 20.8 Å². The zero-order valence-electron chi connectivity index (χ0n) is 13.4. The van der Waals surface area contributed by atoms with E-state index in [9.17, 15) is 9.59 Å². The summed E-state index contributed by atoms with van der Waals surface area (Å²) in [5.41, 5.74) is -1.17. The second kappa shape index (κ2) is 6.52. The molecule has 2 rings (SSSR count). The van der Waals surface area contributed by atoms with Gasteiger partial charge in [0.05, 0.1) is 18.1 Å². The van der Waals surface area contributed by atoms with Gasteiger partial charge in [0.1, 0.15) is 11.8 Å². The topological polar surface area (TPSA) is 90.7 Å². The maximum Gasteiger partial charge on any atom is 0.353 e. The third-order valence-electron chi connectivity index (χ3n) is 3.47. The van der Waals surface area contributed by atoms with Gasteiger partial charge in [-0.25, -0.2) is 4.79 Å². The number of ether oxygens (including phenoxy) is 2. The van der Waals surface area contributed by atoms with Gasteiger partial charge in [0.15, 0.2) is 0 Å². The number of rotatable bonds is 3. The number of hydrogen-bond donors (Lipinski definition) is 1. The van der Waals surface area contributed by atoms with Crippen LogP contribution in [0.2, 0.25) is 0 Å². The van der Waals surface area contributed by atoms with E-state index in [1.165, 1.54) is 10.8 Å². The first-order chi connectivity index (χ1) is 10.8. The van der Waals surface area contributed by atoms with Crippen LogP contribution in [0.5, 0.6) is 5.88 Å². The number of aliphatic hydroxyl groups is 1. The van der Waals surface area contributed by atoms with Crippen molar-refractivity contribution in [1.29, 1.82) is 0 Å². The van der Waals surface area contributed by atoms with Gasteiger partial charge in [0.2, 0.25) is 5.88 Å². The Morgan fingerprint density at radius 2 is 2.26 bits per heavy atom. The summed E-state index contributed by atoms with van der Waals surface area (Å²) in [6, 6.07) is 0. The average molecular weight is 320 g/mol. The molecule has 7 heteroatoms. The highest BCUT2D eigenvalue weighted by Crippen LogP contribution is 2.28. The van der Waals surface area contributed by atoms with Gasteiger partial charge in [-0.3, -0.25) is 9.36 Å². The average Bonchev–Trinajstić information content (AvgIpc) is 2.95. The quantitative estimate of drug-likeness (QED) is 0.656. The molecule has 0 saturated carbocycles. The van der Waals surface area contributed by atoms with E-state index in [4.69, 9.17) is 21.0 Å². The maximum absolute atomic E-state index is 12.2. The van der Waals surface area contributed by atoms with E-state index in [2.05, 4.69) is 10.9 Å². The van der Waals surface area contributed by atoms with Gasteiger partial charge in [-0.1, -0.05) is 5.92 Å². The highest BCUT2D eigenvalue weighted by molar-refractivity contribution is 5.78. The van der Waals surface area contributed by atoms with E-state index in [0.29, 0.717) is 12.8 Å². The van der Waals surface area contributed by atoms with Crippen molar-refractivity contribution < 1.29 is 19.4 Å². The first-order valence-corrected chi connectivity index (χ1v) is 7.34. The summed E-state index contributed by atoms with van der Waals surface area (Å²) in [7, 11) is 0. The van der Waals surface area contributed by atoms with Crippen molar-refractivity contribution in [3.05, 3.63) is 22.2 Å². The fourth-order valence-corrected chi connectivity index (χ4v) is 2.10. The molecule has 1 N–H and O–H groups in total. The zero-order valence-corrected chi connectivity index (χ0v) is 13.4. The lowest BCUT2D eigenvalue weighted by molar-refractivity contribution is -0.143. The Balaban J connectivity index is 2.31. The molecule has 0 radical (unpaired) electrons. The lowest BCUT2D eigenvalue weighted by Gasteiger charge is -2.18. The molecule has 1 aliphatic heterocycles. The summed E-state index contributed by atoms with van der Waals surface area (Å²) < 4.78 is 12.0. The van der Waals surface area contributed by atoms with Gasteiger partial charge in [0.25, 0.3) is 0 Å². The molecule has 0 bridgehead atoms. The summed E-state index contributed by atoms with van der Waals surface area (Å²) in [6.07, 6.45) is 7.19. The van der Waals surface area contributed by atoms with Crippen molar-refractivity contribution >= 4 is 5.97 Å². The van der Waals surface area contributed by atoms with E-state index in [1.807, 2.05) is 0 Å². The van der Waals surface area contributed by atoms with Crippen LogP contribution < -0.4 is 10.4 Å². The highest BCUT2D eigenvalue weighted by Gasteiger charge is 2.29. The Bertz CT molecular complexity index is 696. The molecule has 0 aliphatic carbocycles. The molecule has 0 aromatic carbocycles. The number of terminal acetylenes is 1. The molecule has 23 heavy (non-hydrogen) atoms. The molecule has 0 spiro atoms. The van der Waals surface area contributed by atoms with E-state index in [-0.39, 0.29) is 24.2 Å². The van der Waals surface area contributed by atoms with Crippen LogP contribution in [0.25, 0.3) is 0 Å². The van der Waals surface area contributed by atoms with Gasteiger partial charge in [-0.15, -0.1) is 6.42 Å². The molecule has 1 fully saturated rings. The van der Waals surface area contributed by atoms with Gasteiger partial charge in [-0.05, 0) is 33.6 Å². The number of aliphatic hydroxyl groups excluding tert-OH is 1. The molecule has 7 nitrogen and oxygen atoms in total. The summed E-state index contributed by atoms with van der Waals surface area (Å²) >= 11 is 0. The molecule has 2 atom stereocenters. The fraction of sp³-hybridized carbons (Fsp3) is 0.562. The summed E-state index contributed by atoms with van der Waals surface area (Å²) in [4.78, 5) is 27.9. The van der Waals surface area contributed by atoms with Crippen LogP contribution in [0.3, 0.4) is 0 Å². The third-order valence-corrected chi connectivity index (χ3v) is 3.47. The summed E-state index contributed by atoms with van der Waals surface area (Å²) in [5.74, 6) is 1.66. The molecule has 2 unspecified atom stereocenters. The van der Waals surface area contributed by atoms with Crippen LogP contribution in [0.1, 0.15) is 45.4 Å². The first kappa shape index (κ1) is 17.2. The molecule has 2 heterocycles. The number of aromatic nitrogens is 2. The first-order valence-electron chi connectivity index (χ1n) is 7.34. The van der Waals surface area contributed by atoms with Crippen molar-refractivity contribution in [1.82, 2.24) is 9.55 Å². The minimum absolute atomic E-state index is 0.109. The molecule has 124 valence electrons. The zero-order chi connectivity index (χ0) is 17.2. The van der Waals surface area contributed by atoms with Crippen LogP contribution in [-0.2, 0) is 9.53 Å². The monoisotopic (exact) mass is 320 g/mol. The summed E-state index contributed by atoms with van der Waals surface area (Å²) in [6.45, 7) is 4.95. The Hall–Kier alpha value is -2.17. The van der Waals surface area contributed by atoms with E-state index in [0.717, 1.165) is 0 Å². The van der Waals surface area contributed by atoms with Gasteiger partial charge in [0, 0.05) is 6.20 Å². The lowest BCUT2D eigenvalue weighted by Crippen LogP contribution is -2.31. The molecule has 1 saturated heterocycles. The van der Waals surface area contributed by atoms with E-state index >= 15 is 0 Å². The van der Waals surface area contributed by atoms with Crippen LogP contribution in [-0.4, -0.2) is 33.3 Å². The van der Waals surface area contributed by atoms with Crippen molar-refractivity contribution in [2.45, 2.75) is 45.9 Å². The minimum Gasteiger partial charge on any atom is -0.405 e. The molecule has 1 aromatic heterocycles. The van der Waals surface area contributed by atoms with Gasteiger partial charge < -0.3 is 14.6 Å². The minimum atomic E-state index is -0.745. The third kappa shape index (κ3) is 3.78. The number of nitrogens with zero attached hydrogens (tertiary/aromatic N) is 2. The Kier molecular flexibility index (Phi) is 4.88. The number of esters is 1. The van der Waals surface area contributed by atoms with Gasteiger partial charge in [-0.2, -0.15) is 4.98 Å². The van der Waals surface area contributed by atoms with Crippen LogP contribution >= 0.6 is 0 Å². The van der Waals surface area contributed by atoms with Gasteiger partial charge >= 0.3 is 11.7 Å². The predicted octanol–water partition coefficient (Wildman–Crippen LogP) is 0.846. The Morgan fingerprint density at radius 3 is 2.78 bits per heavy atom. The van der Waals surface area contributed by atoms with Crippen LogP contribution in [0, 0.1) is 17.8 Å². The molecule has 1 aliphatic rings. The van der Waals surface area contributed by atoms with Crippen molar-refractivity contribution in [3.8, 4) is 18.2 Å². The SMILES string of the molecule is C#Cc1cn(C2CCC(CO)O2)c(=O)nc1OC(=O)C(C)(C)C. The predicted molar refractivity (Wildman–Crippen MR) is 81.8 cm³/mol. The summed E-state index contributed by atoms with van der Waals surface area (Å²) in [5, 5.41) is 9.10.